The number of phenolic OH excluding ortho intramolecular Hbond substituents is 1. The van der Waals surface area contributed by atoms with Crippen molar-refractivity contribution >= 4 is 5.91 Å². The molecule has 0 bridgehead atoms. The summed E-state index contributed by atoms with van der Waals surface area (Å²) in [5, 5.41) is 10.4. The molecule has 184 valence electrons. The number of nitrogens with two attached hydrogens (primary N) is 1. The van der Waals surface area contributed by atoms with Gasteiger partial charge in [-0.1, -0.05) is 56.3 Å². The molecule has 0 aliphatic carbocycles. The highest BCUT2D eigenvalue weighted by atomic mass is 16.3. The maximum Gasteiger partial charge on any atom is 0.248 e. The zero-order chi connectivity index (χ0) is 25.2. The summed E-state index contributed by atoms with van der Waals surface area (Å²) in [5.74, 6) is 0.721. The van der Waals surface area contributed by atoms with Crippen molar-refractivity contribution in [3.63, 3.8) is 0 Å². The summed E-state index contributed by atoms with van der Waals surface area (Å²) in [6.45, 7) is 5.74. The molecule has 1 aromatic heterocycles. The number of carbonyl (C=O) groups is 1. The molecule has 0 spiro atoms. The van der Waals surface area contributed by atoms with Crippen LogP contribution in [0.5, 0.6) is 5.75 Å². The van der Waals surface area contributed by atoms with Crippen molar-refractivity contribution in [3.8, 4) is 17.1 Å². The van der Waals surface area contributed by atoms with Crippen LogP contribution in [0.15, 0.2) is 66.9 Å². The number of amides is 1. The molecule has 6 heteroatoms. The summed E-state index contributed by atoms with van der Waals surface area (Å²) in [5.41, 5.74) is 14.1. The van der Waals surface area contributed by atoms with Crippen LogP contribution in [0.4, 0.5) is 0 Å². The Hall–Kier alpha value is -3.90. The van der Waals surface area contributed by atoms with Gasteiger partial charge in [-0.05, 0) is 65.3 Å². The number of rotatable bonds is 7. The second kappa shape index (κ2) is 9.99. The van der Waals surface area contributed by atoms with Crippen LogP contribution in [0.2, 0.25) is 0 Å². The lowest BCUT2D eigenvalue weighted by atomic mass is 9.82. The quantitative estimate of drug-likeness (QED) is 0.341. The van der Waals surface area contributed by atoms with E-state index >= 15 is 0 Å². The SMILES string of the molecule is CCc1c(C(N)=O)ccc(C2c3cc(O)ccc3CCN2Cc2cnc(-c3ccccc3)[nH]2)c1CC. The van der Waals surface area contributed by atoms with Gasteiger partial charge in [-0.25, -0.2) is 4.98 Å². The number of phenols is 1. The molecule has 0 saturated carbocycles. The van der Waals surface area contributed by atoms with Crippen molar-refractivity contribution in [3.05, 3.63) is 106 Å². The summed E-state index contributed by atoms with van der Waals surface area (Å²) in [7, 11) is 0. The second-order valence-corrected chi connectivity index (χ2v) is 9.36. The average molecular weight is 481 g/mol. The van der Waals surface area contributed by atoms with Crippen LogP contribution in [0.25, 0.3) is 11.4 Å². The van der Waals surface area contributed by atoms with Crippen LogP contribution in [-0.4, -0.2) is 32.4 Å². The van der Waals surface area contributed by atoms with Crippen LogP contribution in [0.1, 0.15) is 63.8 Å². The number of hydrogen-bond donors (Lipinski definition) is 3. The van der Waals surface area contributed by atoms with E-state index in [1.54, 1.807) is 6.07 Å². The number of fused-ring (bicyclic) bond motifs is 1. The van der Waals surface area contributed by atoms with E-state index in [0.29, 0.717) is 12.1 Å². The van der Waals surface area contributed by atoms with Gasteiger partial charge in [0.25, 0.3) is 0 Å². The number of aromatic amines is 1. The minimum absolute atomic E-state index is 0.0634. The molecular weight excluding hydrogens is 448 g/mol. The Kier molecular flexibility index (Phi) is 6.61. The Balaban J connectivity index is 1.59. The molecule has 0 radical (unpaired) electrons. The first-order valence-electron chi connectivity index (χ1n) is 12.6. The molecule has 4 aromatic rings. The van der Waals surface area contributed by atoms with Gasteiger partial charge in [0.05, 0.1) is 6.04 Å². The summed E-state index contributed by atoms with van der Waals surface area (Å²) in [4.78, 5) is 22.7. The monoisotopic (exact) mass is 480 g/mol. The first-order valence-corrected chi connectivity index (χ1v) is 12.6. The number of hydrogen-bond acceptors (Lipinski definition) is 4. The van der Waals surface area contributed by atoms with Crippen molar-refractivity contribution in [2.24, 2.45) is 5.73 Å². The van der Waals surface area contributed by atoms with E-state index in [0.717, 1.165) is 65.1 Å². The van der Waals surface area contributed by atoms with E-state index in [2.05, 4.69) is 34.8 Å². The fourth-order valence-electron chi connectivity index (χ4n) is 5.61. The standard InChI is InChI=1S/C30H32N4O2/c1-3-23-24(4-2)26(29(31)36)13-12-25(23)28-27-16-22(35)11-10-19(27)14-15-34(28)18-21-17-32-30(33-21)20-8-6-5-7-9-20/h5-13,16-17,28,35H,3-4,14-15,18H2,1-2H3,(H2,31,36)(H,32,33). The largest absolute Gasteiger partial charge is 0.508 e. The smallest absolute Gasteiger partial charge is 0.248 e. The molecule has 1 atom stereocenters. The summed E-state index contributed by atoms with van der Waals surface area (Å²) >= 11 is 0. The fraction of sp³-hybridized carbons (Fsp3) is 0.267. The van der Waals surface area contributed by atoms with Crippen LogP contribution >= 0.6 is 0 Å². The number of aromatic nitrogens is 2. The first-order chi connectivity index (χ1) is 17.5. The fourth-order valence-corrected chi connectivity index (χ4v) is 5.61. The summed E-state index contributed by atoms with van der Waals surface area (Å²) in [6.07, 6.45) is 4.33. The Bertz CT molecular complexity index is 1390. The maximum atomic E-state index is 12.2. The minimum Gasteiger partial charge on any atom is -0.508 e. The van der Waals surface area contributed by atoms with Crippen LogP contribution in [0, 0.1) is 0 Å². The highest BCUT2D eigenvalue weighted by Crippen LogP contribution is 2.40. The van der Waals surface area contributed by atoms with E-state index < -0.39 is 5.91 Å². The number of imidazole rings is 1. The summed E-state index contributed by atoms with van der Waals surface area (Å²) in [6, 6.07) is 19.7. The van der Waals surface area contributed by atoms with Gasteiger partial charge in [0.15, 0.2) is 0 Å². The Labute approximate surface area is 211 Å². The highest BCUT2D eigenvalue weighted by Gasteiger charge is 2.32. The Morgan fingerprint density at radius 3 is 2.56 bits per heavy atom. The van der Waals surface area contributed by atoms with Crippen molar-refractivity contribution in [1.82, 2.24) is 14.9 Å². The van der Waals surface area contributed by atoms with Gasteiger partial charge in [-0.15, -0.1) is 0 Å². The van der Waals surface area contributed by atoms with Crippen molar-refractivity contribution in [2.75, 3.05) is 6.54 Å². The molecule has 6 nitrogen and oxygen atoms in total. The second-order valence-electron chi connectivity index (χ2n) is 9.36. The van der Waals surface area contributed by atoms with E-state index in [-0.39, 0.29) is 11.8 Å². The lowest BCUT2D eigenvalue weighted by molar-refractivity contribution is 0.0999. The van der Waals surface area contributed by atoms with Crippen molar-refractivity contribution in [2.45, 2.75) is 45.7 Å². The average Bonchev–Trinajstić information content (AvgIpc) is 3.36. The van der Waals surface area contributed by atoms with Gasteiger partial charge in [0.2, 0.25) is 5.91 Å². The van der Waals surface area contributed by atoms with Gasteiger partial charge >= 0.3 is 0 Å². The predicted molar refractivity (Wildman–Crippen MR) is 142 cm³/mol. The molecule has 0 fully saturated rings. The molecule has 1 aliphatic heterocycles. The maximum absolute atomic E-state index is 12.2. The lowest BCUT2D eigenvalue weighted by Crippen LogP contribution is -2.36. The number of nitrogens with zero attached hydrogens (tertiary/aromatic N) is 2. The van der Waals surface area contributed by atoms with Crippen LogP contribution in [0.3, 0.4) is 0 Å². The molecular formula is C30H32N4O2. The van der Waals surface area contributed by atoms with Crippen molar-refractivity contribution < 1.29 is 9.90 Å². The molecule has 1 unspecified atom stereocenters. The van der Waals surface area contributed by atoms with Crippen molar-refractivity contribution in [1.29, 1.82) is 0 Å². The minimum atomic E-state index is -0.391. The number of nitrogens with one attached hydrogen (secondary N) is 1. The molecule has 5 rings (SSSR count). The van der Waals surface area contributed by atoms with Gasteiger partial charge in [-0.3, -0.25) is 9.69 Å². The van der Waals surface area contributed by atoms with E-state index in [9.17, 15) is 9.90 Å². The lowest BCUT2D eigenvalue weighted by Gasteiger charge is -2.39. The molecule has 3 aromatic carbocycles. The molecule has 1 amide bonds. The number of aromatic hydroxyl groups is 1. The molecule has 2 heterocycles. The third kappa shape index (κ3) is 4.40. The zero-order valence-electron chi connectivity index (χ0n) is 20.8. The summed E-state index contributed by atoms with van der Waals surface area (Å²) < 4.78 is 0. The molecule has 36 heavy (non-hydrogen) atoms. The van der Waals surface area contributed by atoms with E-state index in [4.69, 9.17) is 5.73 Å². The van der Waals surface area contributed by atoms with E-state index in [1.165, 1.54) is 5.56 Å². The van der Waals surface area contributed by atoms with Crippen LogP contribution < -0.4 is 5.73 Å². The zero-order valence-corrected chi connectivity index (χ0v) is 20.8. The molecule has 0 saturated heterocycles. The van der Waals surface area contributed by atoms with Gasteiger partial charge in [0.1, 0.15) is 11.6 Å². The van der Waals surface area contributed by atoms with Gasteiger partial charge in [-0.2, -0.15) is 0 Å². The Morgan fingerprint density at radius 1 is 1.06 bits per heavy atom. The Morgan fingerprint density at radius 2 is 1.83 bits per heavy atom. The third-order valence-corrected chi connectivity index (χ3v) is 7.24. The first kappa shape index (κ1) is 23.8. The number of carbonyl (C=O) groups excluding carboxylic acids is 1. The van der Waals surface area contributed by atoms with Gasteiger partial charge in [0, 0.05) is 36.1 Å². The highest BCUT2D eigenvalue weighted by molar-refractivity contribution is 5.95. The topological polar surface area (TPSA) is 95.2 Å². The normalized spacial score (nSPS) is 15.6. The molecule has 1 aliphatic rings. The predicted octanol–water partition coefficient (Wildman–Crippen LogP) is 5.15. The number of benzene rings is 3. The van der Waals surface area contributed by atoms with Gasteiger partial charge < -0.3 is 15.8 Å². The van der Waals surface area contributed by atoms with Crippen LogP contribution in [-0.2, 0) is 25.8 Å². The number of primary amides is 1. The van der Waals surface area contributed by atoms with E-state index in [1.807, 2.05) is 54.7 Å². The molecule has 4 N–H and O–H groups in total. The third-order valence-electron chi connectivity index (χ3n) is 7.24. The number of H-pyrrole nitrogens is 1.